The Morgan fingerprint density at radius 3 is 1.90 bits per heavy atom. The Balaban J connectivity index is 1.76. The molecule has 2 bridgehead atoms. The number of allylic oxidation sites excluding steroid dienone is 2. The van der Waals surface area contributed by atoms with Crippen molar-refractivity contribution in [3.05, 3.63) is 11.3 Å². The quantitative estimate of drug-likeness (QED) is 0.316. The Labute approximate surface area is 304 Å². The van der Waals surface area contributed by atoms with Crippen LogP contribution in [0.25, 0.3) is 0 Å². The zero-order valence-electron chi connectivity index (χ0n) is 32.4. The number of carbonyl (C=O) groups excluding carboxylic acids is 6. The molecule has 14 atom stereocenters. The second-order valence-electron chi connectivity index (χ2n) is 17.8. The van der Waals surface area contributed by atoms with Gasteiger partial charge in [0.15, 0.2) is 23.8 Å². The highest BCUT2D eigenvalue weighted by molar-refractivity contribution is 5.96. The maximum absolute atomic E-state index is 14.4. The van der Waals surface area contributed by atoms with Gasteiger partial charge >= 0.3 is 29.8 Å². The van der Waals surface area contributed by atoms with Crippen LogP contribution in [0.3, 0.4) is 0 Å². The lowest BCUT2D eigenvalue weighted by molar-refractivity contribution is -0.383. The molecule has 14 unspecified atom stereocenters. The molecule has 0 radical (unpaired) electrons. The summed E-state index contributed by atoms with van der Waals surface area (Å²) < 4.78 is 37.0. The smallest absolute Gasteiger partial charge is 0.312 e. The number of methoxy groups -OCH3 is 1. The van der Waals surface area contributed by atoms with E-state index in [0.717, 1.165) is 5.57 Å². The van der Waals surface area contributed by atoms with Crippen LogP contribution in [0.15, 0.2) is 11.3 Å². The predicted octanol–water partition coefficient (Wildman–Crippen LogP) is 4.15. The van der Waals surface area contributed by atoms with Crippen molar-refractivity contribution in [3.63, 3.8) is 0 Å². The maximum atomic E-state index is 14.4. The van der Waals surface area contributed by atoms with Crippen LogP contribution in [-0.2, 0) is 57.2 Å². The summed E-state index contributed by atoms with van der Waals surface area (Å²) >= 11 is 0. The number of hydrogen-bond acceptors (Lipinski definition) is 13. The number of ether oxygens (including phenoxy) is 6. The monoisotopic (exact) mass is 730 g/mol. The van der Waals surface area contributed by atoms with E-state index < -0.39 is 104 Å². The van der Waals surface area contributed by atoms with Crippen molar-refractivity contribution in [3.8, 4) is 0 Å². The van der Waals surface area contributed by atoms with Crippen LogP contribution in [0.2, 0.25) is 0 Å². The average Bonchev–Trinajstić information content (AvgIpc) is 3.39. The number of rotatable bonds is 5. The van der Waals surface area contributed by atoms with E-state index >= 15 is 0 Å². The molecule has 1 N–H and O–H groups in total. The summed E-state index contributed by atoms with van der Waals surface area (Å²) in [6.07, 6.45) is -4.27. The van der Waals surface area contributed by atoms with E-state index in [1.54, 1.807) is 13.8 Å². The minimum absolute atomic E-state index is 0.00904. The van der Waals surface area contributed by atoms with Crippen LogP contribution in [0.5, 0.6) is 0 Å². The number of Topliss-reactive ketones (excluding diaryl/α,β-unsaturated/α-hetero) is 1. The van der Waals surface area contributed by atoms with E-state index in [2.05, 4.69) is 6.92 Å². The van der Waals surface area contributed by atoms with E-state index in [1.807, 2.05) is 20.8 Å². The molecular weight excluding hydrogens is 676 g/mol. The number of carbonyl (C=O) groups is 6. The Bertz CT molecular complexity index is 1680. The minimum atomic E-state index is -2.14. The van der Waals surface area contributed by atoms with Gasteiger partial charge in [-0.2, -0.15) is 0 Å². The van der Waals surface area contributed by atoms with Gasteiger partial charge in [0.1, 0.15) is 23.4 Å². The standard InChI is InChI=1S/C39H54O13/c1-18-14-35(9)26-13-24(44)28(47-12)19(2)34(26,8)15-25(48-20(3)40)29(35)39(18)37(11,46)31(51-23(6)43)30(50-22(5)42)36(10)27(49-21(4)41)16-33(7)17-38(36,39)52-32(33)45/h18,25-27,29-31,46H,13-17H2,1-12H3. The van der Waals surface area contributed by atoms with Gasteiger partial charge in [0.05, 0.1) is 23.4 Å². The van der Waals surface area contributed by atoms with Crippen molar-refractivity contribution in [2.45, 2.75) is 144 Å². The van der Waals surface area contributed by atoms with Gasteiger partial charge in [-0.1, -0.05) is 20.8 Å². The largest absolute Gasteiger partial charge is 0.493 e. The molecule has 1 saturated heterocycles. The Morgan fingerprint density at radius 1 is 0.808 bits per heavy atom. The van der Waals surface area contributed by atoms with Crippen molar-refractivity contribution in [2.24, 2.45) is 44.8 Å². The first-order chi connectivity index (χ1) is 23.9. The Kier molecular flexibility index (Phi) is 8.47. The van der Waals surface area contributed by atoms with Crippen molar-refractivity contribution in [1.29, 1.82) is 0 Å². The predicted molar refractivity (Wildman–Crippen MR) is 180 cm³/mol. The molecule has 0 amide bonds. The highest BCUT2D eigenvalue weighted by atomic mass is 16.6. The maximum Gasteiger partial charge on any atom is 0.312 e. The molecule has 6 rings (SSSR count). The summed E-state index contributed by atoms with van der Waals surface area (Å²) in [5.41, 5.74) is -9.16. The van der Waals surface area contributed by atoms with Crippen LogP contribution < -0.4 is 0 Å². The molecule has 5 aliphatic carbocycles. The van der Waals surface area contributed by atoms with Gasteiger partial charge in [0, 0.05) is 52.9 Å². The lowest BCUT2D eigenvalue weighted by Crippen LogP contribution is -2.86. The molecule has 52 heavy (non-hydrogen) atoms. The van der Waals surface area contributed by atoms with Gasteiger partial charge < -0.3 is 33.5 Å². The van der Waals surface area contributed by atoms with E-state index in [9.17, 15) is 33.9 Å². The lowest BCUT2D eigenvalue weighted by Gasteiger charge is -2.73. The summed E-state index contributed by atoms with van der Waals surface area (Å²) in [6, 6.07) is 0. The molecule has 1 heterocycles. The molecule has 0 aromatic carbocycles. The Morgan fingerprint density at radius 2 is 1.37 bits per heavy atom. The van der Waals surface area contributed by atoms with Crippen molar-refractivity contribution in [2.75, 3.05) is 7.11 Å². The zero-order valence-corrected chi connectivity index (χ0v) is 32.4. The molecule has 13 nitrogen and oxygen atoms in total. The number of hydrogen-bond donors (Lipinski definition) is 1. The third kappa shape index (κ3) is 4.43. The van der Waals surface area contributed by atoms with E-state index in [0.29, 0.717) is 6.42 Å². The third-order valence-electron chi connectivity index (χ3n) is 15.0. The molecule has 5 fully saturated rings. The van der Waals surface area contributed by atoms with E-state index in [4.69, 9.17) is 28.4 Å². The molecule has 4 saturated carbocycles. The fourth-order valence-corrected chi connectivity index (χ4v) is 13.6. The molecule has 2 spiro atoms. The molecule has 0 aromatic heterocycles. The SMILES string of the molecule is COC1=C(C)C2(C)CC(OC(C)=O)C3C(C)(CC(C)C34C(C)(O)C(OC(C)=O)C(OC(C)=O)C3(C)C(OC(C)=O)CC5(C)CC34OC5=O)C2CC1=O. The third-order valence-corrected chi connectivity index (χ3v) is 15.0. The molecule has 288 valence electrons. The number of aliphatic hydroxyl groups is 1. The van der Waals surface area contributed by atoms with Crippen molar-refractivity contribution < 1.29 is 62.3 Å². The molecular formula is C39H54O13. The average molecular weight is 731 g/mol. The first kappa shape index (κ1) is 38.3. The summed E-state index contributed by atoms with van der Waals surface area (Å²) in [7, 11) is 1.46. The number of esters is 5. The van der Waals surface area contributed by atoms with E-state index in [1.165, 1.54) is 41.7 Å². The normalized spacial score (nSPS) is 48.9. The highest BCUT2D eigenvalue weighted by Gasteiger charge is 2.92. The van der Waals surface area contributed by atoms with Gasteiger partial charge in [-0.05, 0) is 68.8 Å². The second-order valence-corrected chi connectivity index (χ2v) is 17.8. The van der Waals surface area contributed by atoms with Crippen LogP contribution in [0, 0.1) is 44.8 Å². The fourth-order valence-electron chi connectivity index (χ4n) is 13.6. The van der Waals surface area contributed by atoms with Crippen LogP contribution in [-0.4, -0.2) is 83.5 Å². The minimum Gasteiger partial charge on any atom is -0.493 e. The van der Waals surface area contributed by atoms with Gasteiger partial charge in [0.25, 0.3) is 0 Å². The first-order valence-electron chi connectivity index (χ1n) is 18.3. The number of fused-ring (bicyclic) bond motifs is 5. The van der Waals surface area contributed by atoms with Crippen molar-refractivity contribution >= 4 is 35.6 Å². The highest BCUT2D eigenvalue weighted by Crippen LogP contribution is 2.83. The zero-order chi connectivity index (χ0) is 38.9. The van der Waals surface area contributed by atoms with Gasteiger partial charge in [-0.25, -0.2) is 0 Å². The molecule has 6 aliphatic rings. The molecule has 13 heteroatoms. The lowest BCUT2D eigenvalue weighted by atomic mass is 9.33. The second kappa shape index (κ2) is 11.5. The molecule has 1 aliphatic heterocycles. The first-order valence-corrected chi connectivity index (χ1v) is 18.3. The fraction of sp³-hybridized carbons (Fsp3) is 0.795. The Hall–Kier alpha value is -3.48. The van der Waals surface area contributed by atoms with Crippen LogP contribution in [0.4, 0.5) is 0 Å². The van der Waals surface area contributed by atoms with Crippen LogP contribution in [0.1, 0.15) is 108 Å². The number of ketones is 1. The van der Waals surface area contributed by atoms with Crippen molar-refractivity contribution in [1.82, 2.24) is 0 Å². The summed E-state index contributed by atoms with van der Waals surface area (Å²) in [5, 5.41) is 13.6. The van der Waals surface area contributed by atoms with Crippen LogP contribution >= 0.6 is 0 Å². The van der Waals surface area contributed by atoms with Gasteiger partial charge in [0.2, 0.25) is 0 Å². The van der Waals surface area contributed by atoms with E-state index in [-0.39, 0.29) is 43.1 Å². The van der Waals surface area contributed by atoms with Gasteiger partial charge in [-0.3, -0.25) is 28.8 Å². The summed E-state index contributed by atoms with van der Waals surface area (Å²) in [4.78, 5) is 80.3. The topological polar surface area (TPSA) is 178 Å². The van der Waals surface area contributed by atoms with Gasteiger partial charge in [-0.15, -0.1) is 0 Å². The summed E-state index contributed by atoms with van der Waals surface area (Å²) in [5.74, 6) is -4.94. The summed E-state index contributed by atoms with van der Waals surface area (Å²) in [6.45, 7) is 17.8. The molecule has 0 aromatic rings.